The van der Waals surface area contributed by atoms with E-state index in [0.29, 0.717) is 31.4 Å². The molecule has 33 heavy (non-hydrogen) atoms. The number of esters is 1. The van der Waals surface area contributed by atoms with E-state index >= 15 is 0 Å². The van der Waals surface area contributed by atoms with E-state index in [-0.39, 0.29) is 12.2 Å². The second-order valence-corrected chi connectivity index (χ2v) is 9.60. The molecule has 0 fully saturated rings. The summed E-state index contributed by atoms with van der Waals surface area (Å²) in [6.07, 6.45) is 1.77. The maximum absolute atomic E-state index is 13.6. The van der Waals surface area contributed by atoms with Gasteiger partial charge in [0, 0.05) is 15.1 Å². The minimum atomic E-state index is -0.677. The SMILES string of the molecule is CCOC(=O)C1=C(C)N=c2s/c(=C\c3cc(Br)ccc3OC)c(=O)n2[C@@H]1c1ccc(Cl)cc1. The minimum absolute atomic E-state index is 0.218. The molecule has 0 spiro atoms. The lowest BCUT2D eigenvalue weighted by Gasteiger charge is -2.24. The van der Waals surface area contributed by atoms with Crippen LogP contribution in [0.5, 0.6) is 5.75 Å². The molecule has 1 aromatic heterocycles. The maximum atomic E-state index is 13.6. The Bertz CT molecular complexity index is 1440. The van der Waals surface area contributed by atoms with Gasteiger partial charge in [0.1, 0.15) is 5.75 Å². The van der Waals surface area contributed by atoms with Crippen molar-refractivity contribution in [1.82, 2.24) is 4.57 Å². The number of rotatable bonds is 5. The smallest absolute Gasteiger partial charge is 0.338 e. The summed E-state index contributed by atoms with van der Waals surface area (Å²) >= 11 is 10.8. The van der Waals surface area contributed by atoms with E-state index in [9.17, 15) is 9.59 Å². The largest absolute Gasteiger partial charge is 0.496 e. The van der Waals surface area contributed by atoms with Gasteiger partial charge in [-0.2, -0.15) is 0 Å². The third kappa shape index (κ3) is 4.55. The van der Waals surface area contributed by atoms with Gasteiger partial charge in [-0.3, -0.25) is 9.36 Å². The molecule has 3 aromatic rings. The molecule has 0 aliphatic carbocycles. The van der Waals surface area contributed by atoms with Crippen LogP contribution in [-0.2, 0) is 9.53 Å². The highest BCUT2D eigenvalue weighted by molar-refractivity contribution is 9.10. The number of hydrogen-bond acceptors (Lipinski definition) is 6. The van der Waals surface area contributed by atoms with Gasteiger partial charge in [-0.15, -0.1) is 0 Å². The summed E-state index contributed by atoms with van der Waals surface area (Å²) in [6, 6.07) is 12.0. The van der Waals surface area contributed by atoms with E-state index < -0.39 is 12.0 Å². The Labute approximate surface area is 207 Å². The van der Waals surface area contributed by atoms with Crippen molar-refractivity contribution >= 4 is 50.9 Å². The first-order valence-electron chi connectivity index (χ1n) is 10.1. The van der Waals surface area contributed by atoms with Crippen LogP contribution < -0.4 is 19.6 Å². The maximum Gasteiger partial charge on any atom is 0.338 e. The van der Waals surface area contributed by atoms with Crippen LogP contribution in [0.25, 0.3) is 6.08 Å². The molecule has 170 valence electrons. The van der Waals surface area contributed by atoms with Crippen LogP contribution in [0, 0.1) is 0 Å². The first-order chi connectivity index (χ1) is 15.8. The van der Waals surface area contributed by atoms with E-state index in [2.05, 4.69) is 20.9 Å². The molecule has 6 nitrogen and oxygen atoms in total. The monoisotopic (exact) mass is 546 g/mol. The molecule has 0 amide bonds. The highest BCUT2D eigenvalue weighted by Crippen LogP contribution is 2.31. The van der Waals surface area contributed by atoms with Crippen LogP contribution in [0.3, 0.4) is 0 Å². The van der Waals surface area contributed by atoms with E-state index in [0.717, 1.165) is 15.6 Å². The van der Waals surface area contributed by atoms with Crippen LogP contribution >= 0.6 is 38.9 Å². The van der Waals surface area contributed by atoms with Gasteiger partial charge in [-0.1, -0.05) is 51.0 Å². The van der Waals surface area contributed by atoms with Gasteiger partial charge >= 0.3 is 5.97 Å². The number of ether oxygens (including phenoxy) is 2. The quantitative estimate of drug-likeness (QED) is 0.449. The highest BCUT2D eigenvalue weighted by atomic mass is 79.9. The molecule has 9 heteroatoms. The highest BCUT2D eigenvalue weighted by Gasteiger charge is 2.33. The van der Waals surface area contributed by atoms with Gasteiger partial charge in [-0.05, 0) is 55.8 Å². The molecule has 1 aliphatic heterocycles. The number of halogens is 2. The predicted molar refractivity (Wildman–Crippen MR) is 133 cm³/mol. The molecule has 0 saturated carbocycles. The van der Waals surface area contributed by atoms with Gasteiger partial charge in [0.15, 0.2) is 4.80 Å². The van der Waals surface area contributed by atoms with Crippen LogP contribution in [0.15, 0.2) is 68.0 Å². The normalized spacial score (nSPS) is 15.8. The number of methoxy groups -OCH3 is 1. The Morgan fingerprint density at radius 3 is 2.67 bits per heavy atom. The van der Waals surface area contributed by atoms with Crippen molar-refractivity contribution in [1.29, 1.82) is 0 Å². The van der Waals surface area contributed by atoms with Gasteiger partial charge in [-0.25, -0.2) is 9.79 Å². The molecule has 2 heterocycles. The average Bonchev–Trinajstić information content (AvgIpc) is 3.08. The third-order valence-electron chi connectivity index (χ3n) is 5.18. The van der Waals surface area contributed by atoms with Crippen LogP contribution in [0.4, 0.5) is 0 Å². The van der Waals surface area contributed by atoms with Gasteiger partial charge in [0.2, 0.25) is 0 Å². The average molecular weight is 548 g/mol. The Morgan fingerprint density at radius 1 is 1.27 bits per heavy atom. The Balaban J connectivity index is 1.97. The zero-order valence-corrected chi connectivity index (χ0v) is 21.3. The molecule has 2 aromatic carbocycles. The summed E-state index contributed by atoms with van der Waals surface area (Å²) in [4.78, 5) is 31.6. The third-order valence-corrected chi connectivity index (χ3v) is 6.91. The Kier molecular flexibility index (Phi) is 6.88. The van der Waals surface area contributed by atoms with Gasteiger partial charge < -0.3 is 9.47 Å². The number of nitrogens with zero attached hydrogens (tertiary/aromatic N) is 2. The Morgan fingerprint density at radius 2 is 2.00 bits per heavy atom. The number of allylic oxidation sites excluding steroid dienone is 1. The zero-order valence-electron chi connectivity index (χ0n) is 18.1. The second-order valence-electron chi connectivity index (χ2n) is 7.24. The lowest BCUT2D eigenvalue weighted by molar-refractivity contribution is -0.139. The standard InChI is InChI=1S/C24H20BrClN2O4S/c1-4-32-23(30)20-13(2)27-24-28(21(20)14-5-8-17(26)9-6-14)22(29)19(33-24)12-15-11-16(25)7-10-18(15)31-3/h5-12,21H,4H2,1-3H3/b19-12-/t21-/m1/s1. The molecule has 0 bridgehead atoms. The number of fused-ring (bicyclic) bond motifs is 1. The first-order valence-corrected chi connectivity index (χ1v) is 12.1. The number of thiazole rings is 1. The van der Waals surface area contributed by atoms with Gasteiger partial charge in [0.25, 0.3) is 5.56 Å². The second kappa shape index (κ2) is 9.67. The molecule has 4 rings (SSSR count). The van der Waals surface area contributed by atoms with E-state index in [1.54, 1.807) is 55.9 Å². The van der Waals surface area contributed by atoms with Crippen molar-refractivity contribution < 1.29 is 14.3 Å². The molecular formula is C24H20BrClN2O4S. The van der Waals surface area contributed by atoms with Crippen molar-refractivity contribution in [3.05, 3.63) is 94.0 Å². The molecule has 1 aliphatic rings. The lowest BCUT2D eigenvalue weighted by atomic mass is 9.96. The summed E-state index contributed by atoms with van der Waals surface area (Å²) in [5.74, 6) is 0.142. The van der Waals surface area contributed by atoms with E-state index in [1.165, 1.54) is 11.3 Å². The van der Waals surface area contributed by atoms with Crippen molar-refractivity contribution in [2.45, 2.75) is 19.9 Å². The zero-order chi connectivity index (χ0) is 23.7. The van der Waals surface area contributed by atoms with Crippen molar-refractivity contribution in [3.8, 4) is 5.75 Å². The fourth-order valence-electron chi connectivity index (χ4n) is 3.71. The summed E-state index contributed by atoms with van der Waals surface area (Å²) in [7, 11) is 1.58. The summed E-state index contributed by atoms with van der Waals surface area (Å²) < 4.78 is 13.6. The number of aromatic nitrogens is 1. The number of benzene rings is 2. The van der Waals surface area contributed by atoms with Crippen LogP contribution in [0.2, 0.25) is 5.02 Å². The van der Waals surface area contributed by atoms with Gasteiger partial charge in [0.05, 0.1) is 35.6 Å². The molecule has 0 radical (unpaired) electrons. The predicted octanol–water partition coefficient (Wildman–Crippen LogP) is 4.22. The van der Waals surface area contributed by atoms with Crippen molar-refractivity contribution in [2.75, 3.05) is 13.7 Å². The molecule has 0 saturated heterocycles. The Hall–Kier alpha value is -2.68. The topological polar surface area (TPSA) is 69.9 Å². The van der Waals surface area contributed by atoms with E-state index in [4.69, 9.17) is 21.1 Å². The van der Waals surface area contributed by atoms with Crippen LogP contribution in [0.1, 0.15) is 31.0 Å². The van der Waals surface area contributed by atoms with Crippen molar-refractivity contribution in [3.63, 3.8) is 0 Å². The minimum Gasteiger partial charge on any atom is -0.496 e. The molecule has 1 atom stereocenters. The number of hydrogen-bond donors (Lipinski definition) is 0. The summed E-state index contributed by atoms with van der Waals surface area (Å²) in [5, 5.41) is 0.561. The summed E-state index contributed by atoms with van der Waals surface area (Å²) in [5.41, 5.74) is 2.08. The number of carbonyl (C=O) groups excluding carboxylic acids is 1. The molecule has 0 unspecified atom stereocenters. The van der Waals surface area contributed by atoms with E-state index in [1.807, 2.05) is 18.2 Å². The summed E-state index contributed by atoms with van der Waals surface area (Å²) in [6.45, 7) is 3.71. The first kappa shape index (κ1) is 23.5. The number of carbonyl (C=O) groups is 1. The fraction of sp³-hybridized carbons (Fsp3) is 0.208. The van der Waals surface area contributed by atoms with Crippen molar-refractivity contribution in [2.24, 2.45) is 4.99 Å². The lowest BCUT2D eigenvalue weighted by Crippen LogP contribution is -2.39. The van der Waals surface area contributed by atoms with Crippen LogP contribution in [-0.4, -0.2) is 24.3 Å². The molecule has 0 N–H and O–H groups in total. The fourth-order valence-corrected chi connectivity index (χ4v) is 5.25. The molecular weight excluding hydrogens is 528 g/mol.